The minimum Gasteiger partial charge on any atom is -0.463 e. The highest BCUT2D eigenvalue weighted by atomic mass is 31.2. The van der Waals surface area contributed by atoms with Crippen molar-refractivity contribution in [1.29, 1.82) is 0 Å². The number of nitrogens with one attached hydrogen (secondary N) is 1. The minimum absolute atomic E-state index is 0.0771. The Hall–Kier alpha value is -2.29. The Morgan fingerprint density at radius 3 is 1.62 bits per heavy atom. The van der Waals surface area contributed by atoms with Gasteiger partial charge in [-0.1, -0.05) is 158 Å². The van der Waals surface area contributed by atoms with Crippen molar-refractivity contribution in [2.45, 2.75) is 174 Å². The molecule has 2 atom stereocenters. The number of amides is 1. The molecule has 0 saturated heterocycles. The first kappa shape index (κ1) is 50.7. The number of hydrogen-bond donors (Lipinski definition) is 3. The van der Waals surface area contributed by atoms with Crippen molar-refractivity contribution in [2.24, 2.45) is 0 Å². The number of rotatable bonds is 38. The Morgan fingerprint density at radius 2 is 1.08 bits per heavy atom. The molecule has 0 aliphatic heterocycles. The van der Waals surface area contributed by atoms with Crippen LogP contribution in [0.2, 0.25) is 0 Å². The summed E-state index contributed by atoms with van der Waals surface area (Å²) in [6.07, 6.45) is 45.7. The van der Waals surface area contributed by atoms with Crippen LogP contribution < -0.4 is 5.32 Å². The Balaban J connectivity index is 3.68. The van der Waals surface area contributed by atoms with Crippen LogP contribution in [0.25, 0.3) is 0 Å². The van der Waals surface area contributed by atoms with Gasteiger partial charge in [0.1, 0.15) is 12.7 Å². The maximum absolute atomic E-state index is 12.1. The molecular formula is C43H76NO8P. The van der Waals surface area contributed by atoms with Gasteiger partial charge in [-0.3, -0.25) is 18.6 Å². The average molecular weight is 766 g/mol. The van der Waals surface area contributed by atoms with Gasteiger partial charge in [0.05, 0.1) is 13.2 Å². The van der Waals surface area contributed by atoms with Crippen LogP contribution in [-0.4, -0.2) is 54.3 Å². The monoisotopic (exact) mass is 766 g/mol. The Kier molecular flexibility index (Phi) is 37.7. The minimum atomic E-state index is -4.42. The SMILES string of the molecule is CC/C=C\C/C=C\C/C=C\C/C=C\C/C=C\CCCCCC(=O)OCC(O)COP(=O)(O)OCCNC(=O)CCCCCCCCCCCCCCC. The van der Waals surface area contributed by atoms with Gasteiger partial charge in [-0.15, -0.1) is 0 Å². The van der Waals surface area contributed by atoms with Crippen molar-refractivity contribution < 1.29 is 37.9 Å². The summed E-state index contributed by atoms with van der Waals surface area (Å²) in [6.45, 7) is 3.39. The molecule has 0 rings (SSSR count). The molecule has 0 aliphatic rings. The van der Waals surface area contributed by atoms with E-state index in [0.29, 0.717) is 12.8 Å². The normalized spacial score (nSPS) is 14.0. The predicted octanol–water partition coefficient (Wildman–Crippen LogP) is 11.3. The molecule has 53 heavy (non-hydrogen) atoms. The molecule has 0 aromatic rings. The van der Waals surface area contributed by atoms with E-state index in [2.05, 4.69) is 79.9 Å². The fourth-order valence-electron chi connectivity index (χ4n) is 5.35. The molecule has 0 aliphatic carbocycles. The topological polar surface area (TPSA) is 131 Å². The predicted molar refractivity (Wildman–Crippen MR) is 220 cm³/mol. The number of carbonyl (C=O) groups is 2. The molecule has 0 aromatic heterocycles. The number of allylic oxidation sites excluding steroid dienone is 10. The van der Waals surface area contributed by atoms with Gasteiger partial charge in [0, 0.05) is 19.4 Å². The van der Waals surface area contributed by atoms with E-state index in [-0.39, 0.29) is 32.1 Å². The van der Waals surface area contributed by atoms with Crippen molar-refractivity contribution in [1.82, 2.24) is 5.32 Å². The van der Waals surface area contributed by atoms with Crippen LogP contribution in [0.1, 0.15) is 168 Å². The number of aliphatic hydroxyl groups excluding tert-OH is 1. The maximum atomic E-state index is 12.1. The van der Waals surface area contributed by atoms with Crippen molar-refractivity contribution in [3.63, 3.8) is 0 Å². The molecular weight excluding hydrogens is 689 g/mol. The quantitative estimate of drug-likeness (QED) is 0.0245. The van der Waals surface area contributed by atoms with Gasteiger partial charge >= 0.3 is 13.8 Å². The Morgan fingerprint density at radius 1 is 0.604 bits per heavy atom. The lowest BCUT2D eigenvalue weighted by atomic mass is 10.0. The maximum Gasteiger partial charge on any atom is 0.472 e. The lowest BCUT2D eigenvalue weighted by Gasteiger charge is -2.15. The molecule has 0 radical (unpaired) electrons. The number of esters is 1. The highest BCUT2D eigenvalue weighted by Crippen LogP contribution is 2.42. The van der Waals surface area contributed by atoms with Gasteiger partial charge in [-0.2, -0.15) is 0 Å². The molecule has 10 heteroatoms. The molecule has 0 spiro atoms. The van der Waals surface area contributed by atoms with Crippen molar-refractivity contribution in [2.75, 3.05) is 26.4 Å². The van der Waals surface area contributed by atoms with Gasteiger partial charge in [0.25, 0.3) is 0 Å². The Bertz CT molecular complexity index is 1050. The zero-order chi connectivity index (χ0) is 38.9. The average Bonchev–Trinajstić information content (AvgIpc) is 3.14. The first-order valence-electron chi connectivity index (χ1n) is 20.8. The van der Waals surface area contributed by atoms with Crippen LogP contribution in [0.3, 0.4) is 0 Å². The lowest BCUT2D eigenvalue weighted by Crippen LogP contribution is -2.27. The smallest absolute Gasteiger partial charge is 0.463 e. The number of hydrogen-bond acceptors (Lipinski definition) is 7. The summed E-state index contributed by atoms with van der Waals surface area (Å²) in [5, 5.41) is 12.7. The van der Waals surface area contributed by atoms with Gasteiger partial charge in [-0.05, 0) is 57.8 Å². The van der Waals surface area contributed by atoms with Gasteiger partial charge in [-0.25, -0.2) is 4.57 Å². The van der Waals surface area contributed by atoms with E-state index in [9.17, 15) is 24.2 Å². The molecule has 1 amide bonds. The number of carbonyl (C=O) groups excluding carboxylic acids is 2. The fourth-order valence-corrected chi connectivity index (χ4v) is 6.10. The van der Waals surface area contributed by atoms with Crippen LogP contribution in [-0.2, 0) is 27.9 Å². The third kappa shape index (κ3) is 40.7. The van der Waals surface area contributed by atoms with Crippen LogP contribution in [0, 0.1) is 0 Å². The number of aliphatic hydroxyl groups is 1. The molecule has 0 heterocycles. The third-order valence-corrected chi connectivity index (χ3v) is 9.45. The summed E-state index contributed by atoms with van der Waals surface area (Å²) in [7, 11) is -4.42. The van der Waals surface area contributed by atoms with E-state index >= 15 is 0 Å². The van der Waals surface area contributed by atoms with Gasteiger partial charge < -0.3 is 20.1 Å². The van der Waals surface area contributed by atoms with E-state index in [1.165, 1.54) is 64.2 Å². The lowest BCUT2D eigenvalue weighted by molar-refractivity contribution is -0.147. The molecule has 2 unspecified atom stereocenters. The van der Waals surface area contributed by atoms with E-state index < -0.39 is 26.5 Å². The zero-order valence-electron chi connectivity index (χ0n) is 33.4. The molecule has 0 saturated carbocycles. The number of phosphoric ester groups is 1. The van der Waals surface area contributed by atoms with E-state index in [0.717, 1.165) is 70.6 Å². The van der Waals surface area contributed by atoms with E-state index in [4.69, 9.17) is 13.8 Å². The first-order valence-corrected chi connectivity index (χ1v) is 22.3. The number of phosphoric acid groups is 1. The summed E-state index contributed by atoms with van der Waals surface area (Å²) in [5.74, 6) is -0.551. The first-order chi connectivity index (χ1) is 25.8. The molecule has 9 nitrogen and oxygen atoms in total. The second-order valence-electron chi connectivity index (χ2n) is 13.6. The van der Waals surface area contributed by atoms with E-state index in [1.807, 2.05) is 0 Å². The fraction of sp³-hybridized carbons (Fsp3) is 0.721. The molecule has 3 N–H and O–H groups in total. The van der Waals surface area contributed by atoms with Crippen molar-refractivity contribution >= 4 is 19.7 Å². The summed E-state index contributed by atoms with van der Waals surface area (Å²) < 4.78 is 26.8. The zero-order valence-corrected chi connectivity index (χ0v) is 34.3. The van der Waals surface area contributed by atoms with E-state index in [1.54, 1.807) is 0 Å². The Labute approximate surface area is 323 Å². The molecule has 0 fully saturated rings. The van der Waals surface area contributed by atoms with Crippen molar-refractivity contribution in [3.8, 4) is 0 Å². The summed E-state index contributed by atoms with van der Waals surface area (Å²) in [6, 6.07) is 0. The van der Waals surface area contributed by atoms with Gasteiger partial charge in [0.2, 0.25) is 5.91 Å². The molecule has 306 valence electrons. The molecule has 0 aromatic carbocycles. The number of unbranched alkanes of at least 4 members (excludes halogenated alkanes) is 15. The van der Waals surface area contributed by atoms with Crippen LogP contribution >= 0.6 is 7.82 Å². The third-order valence-electron chi connectivity index (χ3n) is 8.46. The standard InChI is InChI=1S/C43H76NO8P/c1-3-5-7-9-11-13-15-17-18-19-20-21-22-24-26-28-30-32-34-36-43(47)50-39-41(45)40-52-53(48,49)51-38-37-44-42(46)35-33-31-29-27-25-23-16-14-12-10-8-6-4-2/h5,7,11,13,17-18,20-21,24,26,41,45H,3-4,6,8-10,12,14-16,19,22-23,25,27-40H2,1-2H3,(H,44,46)(H,48,49)/b7-5-,13-11-,18-17-,21-20-,26-24-. The summed E-state index contributed by atoms with van der Waals surface area (Å²) >= 11 is 0. The summed E-state index contributed by atoms with van der Waals surface area (Å²) in [5.41, 5.74) is 0. The second-order valence-corrected chi connectivity index (χ2v) is 15.0. The highest BCUT2D eigenvalue weighted by Gasteiger charge is 2.23. The largest absolute Gasteiger partial charge is 0.472 e. The number of ether oxygens (including phenoxy) is 1. The van der Waals surface area contributed by atoms with Crippen LogP contribution in [0.5, 0.6) is 0 Å². The highest BCUT2D eigenvalue weighted by molar-refractivity contribution is 7.47. The second kappa shape index (κ2) is 39.4. The van der Waals surface area contributed by atoms with Crippen molar-refractivity contribution in [3.05, 3.63) is 60.8 Å². The van der Waals surface area contributed by atoms with Gasteiger partial charge in [0.15, 0.2) is 0 Å². The molecule has 0 bridgehead atoms. The van der Waals surface area contributed by atoms with Crippen LogP contribution in [0.4, 0.5) is 0 Å². The van der Waals surface area contributed by atoms with Crippen LogP contribution in [0.15, 0.2) is 60.8 Å². The summed E-state index contributed by atoms with van der Waals surface area (Å²) in [4.78, 5) is 33.8.